The van der Waals surface area contributed by atoms with Gasteiger partial charge in [0, 0.05) is 24.2 Å². The van der Waals surface area contributed by atoms with E-state index in [1.165, 1.54) is 0 Å². The molecule has 114 valence electrons. The summed E-state index contributed by atoms with van der Waals surface area (Å²) in [6, 6.07) is 7.87. The first-order chi connectivity index (χ1) is 10.0. The van der Waals surface area contributed by atoms with Crippen molar-refractivity contribution in [1.82, 2.24) is 10.6 Å². The van der Waals surface area contributed by atoms with E-state index in [1.54, 1.807) is 0 Å². The van der Waals surface area contributed by atoms with Gasteiger partial charge in [0.15, 0.2) is 0 Å². The molecule has 2 rings (SSSR count). The number of carbonyl (C=O) groups is 2. The van der Waals surface area contributed by atoms with Crippen LogP contribution in [0.2, 0.25) is 0 Å². The molecule has 1 aromatic rings. The summed E-state index contributed by atoms with van der Waals surface area (Å²) in [5.74, 6) is 0.294. The molecular formula is C16H23N3O2. The lowest BCUT2D eigenvalue weighted by molar-refractivity contribution is -0.120. The van der Waals surface area contributed by atoms with Gasteiger partial charge in [0.25, 0.3) is 0 Å². The smallest absolute Gasteiger partial charge is 0.234 e. The molecule has 0 unspecified atom stereocenters. The summed E-state index contributed by atoms with van der Waals surface area (Å²) in [5, 5.41) is 8.82. The quantitative estimate of drug-likeness (QED) is 0.715. The molecule has 1 saturated carbocycles. The normalized spacial score (nSPS) is 14.0. The average molecular weight is 289 g/mol. The SMILES string of the molecule is CC(C)NCC(=O)NCc1ccc(NC(=O)C2CC2)cc1. The van der Waals surface area contributed by atoms with Crippen molar-refractivity contribution in [2.24, 2.45) is 5.92 Å². The van der Waals surface area contributed by atoms with Crippen molar-refractivity contribution in [1.29, 1.82) is 0 Å². The van der Waals surface area contributed by atoms with Crippen LogP contribution in [0.1, 0.15) is 32.3 Å². The van der Waals surface area contributed by atoms with Crippen LogP contribution in [-0.4, -0.2) is 24.4 Å². The lowest BCUT2D eigenvalue weighted by Gasteiger charge is -2.09. The first-order valence-corrected chi connectivity index (χ1v) is 7.44. The molecule has 0 heterocycles. The zero-order valence-electron chi connectivity index (χ0n) is 12.6. The van der Waals surface area contributed by atoms with Gasteiger partial charge in [-0.15, -0.1) is 0 Å². The van der Waals surface area contributed by atoms with E-state index in [4.69, 9.17) is 0 Å². The highest BCUT2D eigenvalue weighted by atomic mass is 16.2. The van der Waals surface area contributed by atoms with E-state index in [0.29, 0.717) is 19.1 Å². The molecular weight excluding hydrogens is 266 g/mol. The lowest BCUT2D eigenvalue weighted by Crippen LogP contribution is -2.36. The van der Waals surface area contributed by atoms with Crippen LogP contribution in [0.25, 0.3) is 0 Å². The molecule has 0 atom stereocenters. The Morgan fingerprint density at radius 3 is 2.43 bits per heavy atom. The minimum absolute atomic E-state index is 0.0187. The fourth-order valence-electron chi connectivity index (χ4n) is 1.86. The Labute approximate surface area is 125 Å². The molecule has 5 heteroatoms. The first-order valence-electron chi connectivity index (χ1n) is 7.44. The zero-order valence-corrected chi connectivity index (χ0v) is 12.6. The predicted octanol–water partition coefficient (Wildman–Crippen LogP) is 1.65. The van der Waals surface area contributed by atoms with Gasteiger partial charge in [-0.25, -0.2) is 0 Å². The molecule has 0 aliphatic heterocycles. The number of carbonyl (C=O) groups excluding carboxylic acids is 2. The van der Waals surface area contributed by atoms with Crippen molar-refractivity contribution in [3.63, 3.8) is 0 Å². The number of nitrogens with one attached hydrogen (secondary N) is 3. The molecule has 0 bridgehead atoms. The van der Waals surface area contributed by atoms with E-state index in [0.717, 1.165) is 24.1 Å². The van der Waals surface area contributed by atoms with E-state index in [-0.39, 0.29) is 17.7 Å². The summed E-state index contributed by atoms with van der Waals surface area (Å²) in [6.45, 7) is 4.83. The minimum Gasteiger partial charge on any atom is -0.351 e. The third-order valence-corrected chi connectivity index (χ3v) is 3.33. The maximum atomic E-state index is 11.6. The standard InChI is InChI=1S/C16H23N3O2/c1-11(2)17-10-15(20)18-9-12-3-7-14(8-4-12)19-16(21)13-5-6-13/h3-4,7-8,11,13,17H,5-6,9-10H2,1-2H3,(H,18,20)(H,19,21). The van der Waals surface area contributed by atoms with Crippen molar-refractivity contribution in [3.05, 3.63) is 29.8 Å². The lowest BCUT2D eigenvalue weighted by atomic mass is 10.2. The summed E-state index contributed by atoms with van der Waals surface area (Å²) in [6.07, 6.45) is 2.00. The van der Waals surface area contributed by atoms with E-state index in [1.807, 2.05) is 38.1 Å². The highest BCUT2D eigenvalue weighted by molar-refractivity contribution is 5.94. The fourth-order valence-corrected chi connectivity index (χ4v) is 1.86. The Hall–Kier alpha value is -1.88. The Kier molecular flexibility index (Phi) is 5.33. The molecule has 0 saturated heterocycles. The molecule has 1 aromatic carbocycles. The molecule has 0 radical (unpaired) electrons. The van der Waals surface area contributed by atoms with Gasteiger partial charge in [-0.3, -0.25) is 9.59 Å². The summed E-state index contributed by atoms with van der Waals surface area (Å²) in [4.78, 5) is 23.2. The van der Waals surface area contributed by atoms with E-state index >= 15 is 0 Å². The first kappa shape index (κ1) is 15.5. The van der Waals surface area contributed by atoms with Gasteiger partial charge in [-0.2, -0.15) is 0 Å². The van der Waals surface area contributed by atoms with Crippen LogP contribution < -0.4 is 16.0 Å². The highest BCUT2D eigenvalue weighted by Crippen LogP contribution is 2.30. The van der Waals surface area contributed by atoms with Gasteiger partial charge < -0.3 is 16.0 Å². The Morgan fingerprint density at radius 2 is 1.86 bits per heavy atom. The summed E-state index contributed by atoms with van der Waals surface area (Å²) in [7, 11) is 0. The number of hydrogen-bond donors (Lipinski definition) is 3. The summed E-state index contributed by atoms with van der Waals surface area (Å²) in [5.41, 5.74) is 1.82. The average Bonchev–Trinajstić information content (AvgIpc) is 3.29. The second-order valence-corrected chi connectivity index (χ2v) is 5.77. The molecule has 2 amide bonds. The Balaban J connectivity index is 1.74. The molecule has 0 spiro atoms. The number of hydrogen-bond acceptors (Lipinski definition) is 3. The van der Waals surface area contributed by atoms with Crippen molar-refractivity contribution in [2.45, 2.75) is 39.3 Å². The van der Waals surface area contributed by atoms with Gasteiger partial charge in [-0.05, 0) is 30.5 Å². The minimum atomic E-state index is -0.0187. The van der Waals surface area contributed by atoms with Gasteiger partial charge in [0.05, 0.1) is 6.54 Å². The maximum absolute atomic E-state index is 11.6. The van der Waals surface area contributed by atoms with Crippen LogP contribution in [0.15, 0.2) is 24.3 Å². The molecule has 21 heavy (non-hydrogen) atoms. The van der Waals surface area contributed by atoms with Crippen LogP contribution >= 0.6 is 0 Å². The molecule has 1 aliphatic rings. The van der Waals surface area contributed by atoms with Crippen LogP contribution in [0.3, 0.4) is 0 Å². The van der Waals surface area contributed by atoms with Crippen molar-refractivity contribution >= 4 is 17.5 Å². The molecule has 5 nitrogen and oxygen atoms in total. The van der Waals surface area contributed by atoms with Crippen LogP contribution in [0.5, 0.6) is 0 Å². The Bertz CT molecular complexity index is 493. The predicted molar refractivity (Wildman–Crippen MR) is 82.8 cm³/mol. The second-order valence-electron chi connectivity index (χ2n) is 5.77. The van der Waals surface area contributed by atoms with Gasteiger partial charge in [-0.1, -0.05) is 26.0 Å². The highest BCUT2D eigenvalue weighted by Gasteiger charge is 2.29. The van der Waals surface area contributed by atoms with E-state index in [2.05, 4.69) is 16.0 Å². The van der Waals surface area contributed by atoms with Crippen molar-refractivity contribution in [2.75, 3.05) is 11.9 Å². The maximum Gasteiger partial charge on any atom is 0.234 e. The monoisotopic (exact) mass is 289 g/mol. The van der Waals surface area contributed by atoms with Crippen molar-refractivity contribution < 1.29 is 9.59 Å². The van der Waals surface area contributed by atoms with E-state index in [9.17, 15) is 9.59 Å². The number of anilines is 1. The van der Waals surface area contributed by atoms with Crippen LogP contribution in [0, 0.1) is 5.92 Å². The number of benzene rings is 1. The molecule has 1 fully saturated rings. The molecule has 0 aromatic heterocycles. The van der Waals surface area contributed by atoms with Crippen molar-refractivity contribution in [3.8, 4) is 0 Å². The Morgan fingerprint density at radius 1 is 1.19 bits per heavy atom. The van der Waals surface area contributed by atoms with Gasteiger partial charge in [0.1, 0.15) is 0 Å². The fraction of sp³-hybridized carbons (Fsp3) is 0.500. The topological polar surface area (TPSA) is 70.2 Å². The number of rotatable bonds is 7. The summed E-state index contributed by atoms with van der Waals surface area (Å²) < 4.78 is 0. The third kappa shape index (κ3) is 5.55. The molecule has 3 N–H and O–H groups in total. The third-order valence-electron chi connectivity index (χ3n) is 3.33. The van der Waals surface area contributed by atoms with Crippen LogP contribution in [-0.2, 0) is 16.1 Å². The zero-order chi connectivity index (χ0) is 15.2. The van der Waals surface area contributed by atoms with Gasteiger partial charge in [0.2, 0.25) is 11.8 Å². The van der Waals surface area contributed by atoms with Crippen LogP contribution in [0.4, 0.5) is 5.69 Å². The van der Waals surface area contributed by atoms with E-state index < -0.39 is 0 Å². The molecule has 1 aliphatic carbocycles. The second kappa shape index (κ2) is 7.22. The number of amides is 2. The summed E-state index contributed by atoms with van der Waals surface area (Å²) >= 11 is 0. The largest absolute Gasteiger partial charge is 0.351 e. The van der Waals surface area contributed by atoms with Gasteiger partial charge >= 0.3 is 0 Å².